The van der Waals surface area contributed by atoms with Crippen molar-refractivity contribution in [1.29, 1.82) is 0 Å². The summed E-state index contributed by atoms with van der Waals surface area (Å²) in [4.78, 5) is 35.5. The molecule has 0 saturated carbocycles. The highest BCUT2D eigenvalue weighted by Crippen LogP contribution is 2.27. The van der Waals surface area contributed by atoms with Gasteiger partial charge in [0, 0.05) is 36.5 Å². The molecule has 33 heavy (non-hydrogen) atoms. The van der Waals surface area contributed by atoms with Crippen LogP contribution >= 0.6 is 0 Å². The van der Waals surface area contributed by atoms with Crippen molar-refractivity contribution in [3.8, 4) is 0 Å². The lowest BCUT2D eigenvalue weighted by Crippen LogP contribution is -2.36. The number of hydrogen-bond acceptors (Lipinski definition) is 7. The number of nitro benzene ring substituents is 1. The number of anilines is 1. The molecule has 1 heterocycles. The van der Waals surface area contributed by atoms with Gasteiger partial charge in [-0.15, -0.1) is 0 Å². The van der Waals surface area contributed by atoms with Crippen molar-refractivity contribution in [2.75, 3.05) is 25.0 Å². The van der Waals surface area contributed by atoms with E-state index in [2.05, 4.69) is 5.32 Å². The normalized spacial score (nSPS) is 14.5. The van der Waals surface area contributed by atoms with Crippen molar-refractivity contribution in [2.45, 2.75) is 38.0 Å². The first-order chi connectivity index (χ1) is 15.6. The van der Waals surface area contributed by atoms with Crippen LogP contribution < -0.4 is 5.32 Å². The van der Waals surface area contributed by atoms with Gasteiger partial charge in [0.15, 0.2) is 0 Å². The lowest BCUT2D eigenvalue weighted by atomic mass is 10.1. The fourth-order valence-electron chi connectivity index (χ4n) is 3.58. The Morgan fingerprint density at radius 1 is 1.09 bits per heavy atom. The van der Waals surface area contributed by atoms with Crippen LogP contribution in [0.2, 0.25) is 0 Å². The van der Waals surface area contributed by atoms with E-state index in [1.807, 2.05) is 0 Å². The summed E-state index contributed by atoms with van der Waals surface area (Å²) in [5.74, 6) is -1.52. The van der Waals surface area contributed by atoms with Crippen molar-refractivity contribution in [1.82, 2.24) is 4.31 Å². The van der Waals surface area contributed by atoms with Gasteiger partial charge in [0.1, 0.15) is 0 Å². The molecule has 0 aromatic heterocycles. The van der Waals surface area contributed by atoms with Crippen LogP contribution in [0, 0.1) is 17.0 Å². The summed E-state index contributed by atoms with van der Waals surface area (Å²) in [6.45, 7) is 4.23. The maximum atomic E-state index is 13.1. The second kappa shape index (κ2) is 10.1. The Bertz CT molecular complexity index is 1190. The molecule has 1 amide bonds. The van der Waals surface area contributed by atoms with Crippen molar-refractivity contribution >= 4 is 33.3 Å². The van der Waals surface area contributed by atoms with Crippen LogP contribution in [0.3, 0.4) is 0 Å². The van der Waals surface area contributed by atoms with Gasteiger partial charge >= 0.3 is 5.97 Å². The van der Waals surface area contributed by atoms with Crippen LogP contribution in [0.25, 0.3) is 0 Å². The third kappa shape index (κ3) is 5.55. The molecule has 176 valence electrons. The summed E-state index contributed by atoms with van der Waals surface area (Å²) in [5, 5.41) is 13.8. The molecule has 11 heteroatoms. The summed E-state index contributed by atoms with van der Waals surface area (Å²) in [5.41, 5.74) is 0.0496. The molecule has 1 fully saturated rings. The molecule has 3 rings (SSSR count). The number of hydrogen-bond donors (Lipinski definition) is 1. The Morgan fingerprint density at radius 2 is 1.76 bits per heavy atom. The molecule has 0 bridgehead atoms. The predicted octanol–water partition coefficient (Wildman–Crippen LogP) is 3.51. The number of aryl methyl sites for hydroxylation is 1. The Hall–Kier alpha value is -3.31. The van der Waals surface area contributed by atoms with E-state index >= 15 is 0 Å². The number of ether oxygens (including phenoxy) is 1. The summed E-state index contributed by atoms with van der Waals surface area (Å²) in [6, 6.07) is 7.78. The number of non-ortho nitro benzene ring substituents is 1. The van der Waals surface area contributed by atoms with E-state index in [0.29, 0.717) is 18.7 Å². The highest BCUT2D eigenvalue weighted by molar-refractivity contribution is 7.89. The third-order valence-electron chi connectivity index (χ3n) is 5.28. The number of nitrogens with zero attached hydrogens (tertiary/aromatic N) is 2. The zero-order chi connectivity index (χ0) is 24.2. The molecule has 2 aromatic rings. The average molecular weight is 476 g/mol. The minimum Gasteiger partial charge on any atom is -0.462 e. The van der Waals surface area contributed by atoms with E-state index in [-0.39, 0.29) is 28.3 Å². The van der Waals surface area contributed by atoms with Gasteiger partial charge in [-0.2, -0.15) is 4.31 Å². The first-order valence-electron chi connectivity index (χ1n) is 10.5. The fraction of sp³-hybridized carbons (Fsp3) is 0.364. The zero-order valence-corrected chi connectivity index (χ0v) is 19.2. The number of benzene rings is 2. The molecule has 1 saturated heterocycles. The molecule has 0 aliphatic carbocycles. The first-order valence-corrected chi connectivity index (χ1v) is 12.0. The molecule has 0 atom stereocenters. The Kier molecular flexibility index (Phi) is 7.44. The summed E-state index contributed by atoms with van der Waals surface area (Å²) >= 11 is 0. The Balaban J connectivity index is 1.91. The zero-order valence-electron chi connectivity index (χ0n) is 18.4. The van der Waals surface area contributed by atoms with Crippen LogP contribution in [0.5, 0.6) is 0 Å². The van der Waals surface area contributed by atoms with Gasteiger partial charge in [0.25, 0.3) is 11.6 Å². The molecule has 1 aliphatic rings. The van der Waals surface area contributed by atoms with Crippen LogP contribution in [-0.4, -0.2) is 49.2 Å². The number of amides is 1. The summed E-state index contributed by atoms with van der Waals surface area (Å²) < 4.78 is 32.5. The lowest BCUT2D eigenvalue weighted by Gasteiger charge is -2.26. The van der Waals surface area contributed by atoms with Crippen LogP contribution in [0.4, 0.5) is 11.4 Å². The highest BCUT2D eigenvalue weighted by Gasteiger charge is 2.28. The molecular weight excluding hydrogens is 450 g/mol. The molecule has 0 unspecified atom stereocenters. The molecule has 2 aromatic carbocycles. The molecule has 10 nitrogen and oxygen atoms in total. The van der Waals surface area contributed by atoms with Crippen LogP contribution in [-0.2, 0) is 14.8 Å². The second-order valence-corrected chi connectivity index (χ2v) is 9.55. The smallest absolute Gasteiger partial charge is 0.338 e. The average Bonchev–Trinajstić information content (AvgIpc) is 2.80. The number of carbonyl (C=O) groups is 2. The van der Waals surface area contributed by atoms with E-state index in [0.717, 1.165) is 31.4 Å². The second-order valence-electron chi connectivity index (χ2n) is 7.65. The summed E-state index contributed by atoms with van der Waals surface area (Å²) in [6.07, 6.45) is 2.58. The topological polar surface area (TPSA) is 136 Å². The van der Waals surface area contributed by atoms with E-state index in [4.69, 9.17) is 4.74 Å². The number of sulfonamides is 1. The molecule has 1 aliphatic heterocycles. The van der Waals surface area contributed by atoms with Crippen LogP contribution in [0.1, 0.15) is 52.5 Å². The fourth-order valence-corrected chi connectivity index (χ4v) is 5.35. The van der Waals surface area contributed by atoms with Gasteiger partial charge in [-0.3, -0.25) is 14.9 Å². The molecule has 0 radical (unpaired) electrons. The van der Waals surface area contributed by atoms with E-state index in [9.17, 15) is 28.1 Å². The lowest BCUT2D eigenvalue weighted by molar-refractivity contribution is -0.384. The number of esters is 1. The van der Waals surface area contributed by atoms with Gasteiger partial charge in [0.05, 0.1) is 22.0 Å². The van der Waals surface area contributed by atoms with Gasteiger partial charge in [-0.05, 0) is 50.5 Å². The maximum Gasteiger partial charge on any atom is 0.338 e. The van der Waals surface area contributed by atoms with E-state index in [1.165, 1.54) is 16.4 Å². The monoisotopic (exact) mass is 475 g/mol. The van der Waals surface area contributed by atoms with Crippen molar-refractivity contribution in [3.63, 3.8) is 0 Å². The van der Waals surface area contributed by atoms with Crippen molar-refractivity contribution in [3.05, 3.63) is 63.2 Å². The number of nitro groups is 1. The highest BCUT2D eigenvalue weighted by atomic mass is 32.2. The molecule has 1 N–H and O–H groups in total. The number of carbonyl (C=O) groups excluding carboxylic acids is 2. The predicted molar refractivity (Wildman–Crippen MR) is 121 cm³/mol. The Labute approximate surface area is 191 Å². The number of piperidine rings is 1. The third-order valence-corrected chi connectivity index (χ3v) is 7.32. The molecule has 0 spiro atoms. The SMILES string of the molecule is CCOC(=O)c1cc(C(=O)Nc2ccc(C)c(S(=O)(=O)N3CCCCC3)c2)cc([N+](=O)[O-])c1. The first kappa shape index (κ1) is 24.3. The van der Waals surface area contributed by atoms with Gasteiger partial charge in [-0.1, -0.05) is 12.5 Å². The number of rotatable bonds is 7. The quantitative estimate of drug-likeness (QED) is 0.368. The van der Waals surface area contributed by atoms with Crippen molar-refractivity contribution < 1.29 is 27.7 Å². The van der Waals surface area contributed by atoms with Gasteiger partial charge in [0.2, 0.25) is 10.0 Å². The van der Waals surface area contributed by atoms with Crippen molar-refractivity contribution in [2.24, 2.45) is 0 Å². The van der Waals surface area contributed by atoms with Gasteiger partial charge in [-0.25, -0.2) is 13.2 Å². The van der Waals surface area contributed by atoms with Crippen LogP contribution in [0.15, 0.2) is 41.3 Å². The van der Waals surface area contributed by atoms with E-state index < -0.39 is 32.5 Å². The standard InChI is InChI=1S/C22H25N3O7S/c1-3-32-22(27)17-11-16(12-19(13-17)25(28)29)21(26)23-18-8-7-15(2)20(14-18)33(30,31)24-9-5-4-6-10-24/h7-8,11-14H,3-6,9-10H2,1-2H3,(H,23,26). The largest absolute Gasteiger partial charge is 0.462 e. The van der Waals surface area contributed by atoms with Gasteiger partial charge < -0.3 is 10.1 Å². The molecular formula is C22H25N3O7S. The van der Waals surface area contributed by atoms with E-state index in [1.54, 1.807) is 26.0 Å². The number of nitrogens with one attached hydrogen (secondary N) is 1. The Morgan fingerprint density at radius 3 is 2.39 bits per heavy atom. The summed E-state index contributed by atoms with van der Waals surface area (Å²) in [7, 11) is -3.73. The maximum absolute atomic E-state index is 13.1. The minimum absolute atomic E-state index is 0.0701. The minimum atomic E-state index is -3.73.